The second-order valence-corrected chi connectivity index (χ2v) is 31.5. The molecule has 1 amide bonds. The van der Waals surface area contributed by atoms with Crippen LogP contribution in [0.3, 0.4) is 0 Å². The summed E-state index contributed by atoms with van der Waals surface area (Å²) in [6, 6.07) is 12.2. The lowest BCUT2D eigenvalue weighted by atomic mass is 10.1. The third-order valence-electron chi connectivity index (χ3n) is 17.9. The summed E-state index contributed by atoms with van der Waals surface area (Å²) in [5.41, 5.74) is 2.33. The highest BCUT2D eigenvalue weighted by Gasteiger charge is 2.31. The third-order valence-corrected chi connectivity index (χ3v) is 18.3. The van der Waals surface area contributed by atoms with E-state index >= 15 is 0 Å². The Balaban J connectivity index is 0.000000344. The molecule has 5 N–H and O–H groups in total. The number of methoxy groups -OCH3 is 2. The van der Waals surface area contributed by atoms with Gasteiger partial charge in [-0.1, -0.05) is 22.6 Å². The van der Waals surface area contributed by atoms with Gasteiger partial charge in [0.2, 0.25) is 0 Å². The maximum Gasteiger partial charge on any atom is 0.412 e. The van der Waals surface area contributed by atoms with E-state index in [1.54, 1.807) is 72.8 Å². The molecule has 113 heavy (non-hydrogen) atoms. The number of pyridine rings is 3. The highest BCUT2D eigenvalue weighted by atomic mass is 127. The fourth-order valence-electron chi connectivity index (χ4n) is 12.8. The summed E-state index contributed by atoms with van der Waals surface area (Å²) >= 11 is 1.98. The summed E-state index contributed by atoms with van der Waals surface area (Å²) in [7, 11) is 2.45. The molecule has 6 aliphatic rings. The van der Waals surface area contributed by atoms with Crippen molar-refractivity contribution in [3.05, 3.63) is 132 Å². The average molecular weight is 1720 g/mol. The van der Waals surface area contributed by atoms with Crippen molar-refractivity contribution >= 4 is 64.2 Å². The predicted octanol–water partition coefficient (Wildman–Crippen LogP) is 9.17. The number of aromatic carboxylic acids is 1. The number of hydrogen-bond donors (Lipinski definition) is 4. The van der Waals surface area contributed by atoms with E-state index in [1.807, 2.05) is 78.8 Å². The van der Waals surface area contributed by atoms with E-state index in [1.165, 1.54) is 49.3 Å². The van der Waals surface area contributed by atoms with Gasteiger partial charge in [-0.3, -0.25) is 53.3 Å². The van der Waals surface area contributed by atoms with Crippen LogP contribution < -0.4 is 38.7 Å². The van der Waals surface area contributed by atoms with Gasteiger partial charge in [0.15, 0.2) is 0 Å². The average Bonchev–Trinajstić information content (AvgIpc) is 1.80. The zero-order chi connectivity index (χ0) is 84.4. The largest absolute Gasteiger partial charge is 0.477 e. The van der Waals surface area contributed by atoms with Crippen molar-refractivity contribution in [1.29, 1.82) is 0 Å². The fourth-order valence-corrected chi connectivity index (χ4v) is 12.8. The number of alkyl halides is 7. The number of halogens is 7. The number of esters is 4. The maximum atomic E-state index is 12.5. The Labute approximate surface area is 671 Å². The molecule has 6 aliphatic heterocycles. The lowest BCUT2D eigenvalue weighted by molar-refractivity contribution is -0.157. The van der Waals surface area contributed by atoms with Crippen LogP contribution in [0.25, 0.3) is 0 Å². The SMILES string of the molecule is CC(C)(C)OC(=O)C[C@@H]1CCN(CCF)C1.CC(C)(C)OC(=O)C[C@@H]1CCNC1.CC(C)(C)OC(=O)Nc1cccn([C@H]2CCN(CCF)C2)c1=O.COC(=O)c1cccn([C@H]2CCN(CCF)C2)c1=O.COC(=O)c1cccoc1=O.FCCI.N[C@@H]1CCN(CCF)C1.O=C(O)c1cccn([C@H]2CCN(CCF)C2)c1=O. The van der Waals surface area contributed by atoms with Crippen molar-refractivity contribution in [3.8, 4) is 0 Å². The minimum atomic E-state index is -1.21. The molecule has 10 heterocycles. The number of ether oxygens (including phenoxy) is 5. The number of aromatic nitrogens is 3. The number of rotatable bonds is 22. The maximum absolute atomic E-state index is 12.5. The highest BCUT2D eigenvalue weighted by Crippen LogP contribution is 2.25. The van der Waals surface area contributed by atoms with E-state index in [4.69, 9.17) is 25.1 Å². The molecule has 35 heteroatoms. The van der Waals surface area contributed by atoms with Crippen LogP contribution >= 0.6 is 22.6 Å². The van der Waals surface area contributed by atoms with Crippen LogP contribution in [-0.4, -0.2) is 272 Å². The van der Waals surface area contributed by atoms with Gasteiger partial charge >= 0.3 is 41.6 Å². The Morgan fingerprint density at radius 3 is 1.30 bits per heavy atom. The zero-order valence-corrected chi connectivity index (χ0v) is 69.5. The van der Waals surface area contributed by atoms with Gasteiger partial charge < -0.3 is 62.9 Å². The number of carboxylic acid groups (broad SMARTS) is 1. The number of carbonyl (C=O) groups is 6. The molecular weight excluding hydrogens is 1600 g/mol. The number of hydrogen-bond acceptors (Lipinski definition) is 23. The lowest BCUT2D eigenvalue weighted by Crippen LogP contribution is -2.32. The van der Waals surface area contributed by atoms with Crippen molar-refractivity contribution in [2.24, 2.45) is 17.6 Å². The summed E-state index contributed by atoms with van der Waals surface area (Å²) in [5.74, 6) is -1.91. The number of nitrogens with one attached hydrogen (secondary N) is 2. The number of amides is 1. The van der Waals surface area contributed by atoms with Crippen LogP contribution in [0.2, 0.25) is 0 Å². The molecule has 0 saturated carbocycles. The first-order valence-electron chi connectivity index (χ1n) is 38.0. The summed E-state index contributed by atoms with van der Waals surface area (Å²) < 4.78 is 106. The van der Waals surface area contributed by atoms with E-state index < -0.39 is 53.1 Å². The summed E-state index contributed by atoms with van der Waals surface area (Å²) in [6.07, 6.45) is 11.9. The molecule has 0 aliphatic carbocycles. The van der Waals surface area contributed by atoms with E-state index in [2.05, 4.69) is 34.3 Å². The van der Waals surface area contributed by atoms with E-state index in [-0.39, 0.29) is 109 Å². The second kappa shape index (κ2) is 52.1. The normalized spacial score (nSPS) is 19.7. The van der Waals surface area contributed by atoms with Gasteiger partial charge in [0.25, 0.3) is 16.7 Å². The quantitative estimate of drug-likeness (QED) is 0.0187. The van der Waals surface area contributed by atoms with E-state index in [9.17, 15) is 74.3 Å². The van der Waals surface area contributed by atoms with Gasteiger partial charge in [-0.05, 0) is 187 Å². The number of carboxylic acids is 1. The van der Waals surface area contributed by atoms with Crippen molar-refractivity contribution in [2.45, 2.75) is 155 Å². The molecular formula is C78H120F6IN11O17. The molecule has 28 nitrogen and oxygen atoms in total. The molecule has 10 rings (SSSR count). The molecule has 0 aromatic carbocycles. The molecule has 638 valence electrons. The lowest BCUT2D eigenvalue weighted by Gasteiger charge is -2.20. The molecule has 6 atom stereocenters. The van der Waals surface area contributed by atoms with Gasteiger partial charge in [0.05, 0.1) is 45.3 Å². The van der Waals surface area contributed by atoms with Crippen LogP contribution in [0.4, 0.5) is 36.8 Å². The van der Waals surface area contributed by atoms with Gasteiger partial charge in [0.1, 0.15) is 72.6 Å². The first-order chi connectivity index (χ1) is 53.5. The Morgan fingerprint density at radius 1 is 0.513 bits per heavy atom. The Hall–Kier alpha value is -7.55. The smallest absolute Gasteiger partial charge is 0.412 e. The standard InChI is InChI=1S/C16H24FN3O3.C13H17FN2O3.C12H15FN2O3.C12H22FNO2.C10H19NO2.C7H6O4.C6H13FN2.C2H4FI/c1-16(2,3)23-15(22)18-13-5-4-8-20(14(13)21)12-6-9-19(11-12)10-7-17;1-19-13(18)11-3-2-6-16(12(11)17)10-4-7-15(9-10)8-5-14;13-4-7-14-6-3-9(8-14)15-5-1-2-10(11(15)16)12(17)18;1-12(2,3)16-11(15)8-10-4-6-14(9-10)7-5-13;1-10(2,3)13-9(12)6-8-4-5-11-7-8;1-10-6(8)5-3-2-4-11-7(5)9;7-2-4-9-3-1-6(8)5-9;3-1-2-4/h4-5,8,12H,6-7,9-11H2,1-3H3,(H,18,22);2-3,6,10H,4-5,7-9H2,1H3;1-2,5,9H,3-4,6-8H2,(H,17,18);10H,4-9H2,1-3H3;8,11H,4-7H2,1-3H3;2-4H,1H3;6H,1-5,8H2;1-2H2/t12-;10-;9-;10-;8-;;6-;/m00000.1./s1. The van der Waals surface area contributed by atoms with E-state index in [0.717, 1.165) is 97.4 Å². The monoisotopic (exact) mass is 1720 g/mol. The molecule has 4 aromatic rings. The number of nitrogens with two attached hydrogens (primary N) is 1. The molecule has 0 bridgehead atoms. The Bertz CT molecular complexity index is 3750. The minimum Gasteiger partial charge on any atom is -0.477 e. The number of nitrogens with zero attached hydrogens (tertiary/aromatic N) is 8. The van der Waals surface area contributed by atoms with Crippen LogP contribution in [0, 0.1) is 11.8 Å². The predicted molar refractivity (Wildman–Crippen MR) is 427 cm³/mol. The zero-order valence-electron chi connectivity index (χ0n) is 67.3. The number of carbonyl (C=O) groups excluding carboxylic acids is 5. The molecule has 0 unspecified atom stereocenters. The topological polar surface area (TPSA) is 331 Å². The van der Waals surface area contributed by atoms with Crippen LogP contribution in [0.1, 0.15) is 163 Å². The van der Waals surface area contributed by atoms with Gasteiger partial charge in [-0.25, -0.2) is 45.9 Å². The third kappa shape index (κ3) is 38.6. The van der Waals surface area contributed by atoms with Gasteiger partial charge in [0, 0.05) is 127 Å². The molecule has 0 spiro atoms. The van der Waals surface area contributed by atoms with Crippen molar-refractivity contribution in [2.75, 3.05) is 175 Å². The summed E-state index contributed by atoms with van der Waals surface area (Å²) in [5, 5.41) is 14.6. The van der Waals surface area contributed by atoms with Gasteiger partial charge in [-0.2, -0.15) is 0 Å². The molecule has 4 aromatic heterocycles. The fraction of sp³-hybridized carbons (Fsp3) is 0.667. The van der Waals surface area contributed by atoms with Crippen molar-refractivity contribution < 1.29 is 88.3 Å². The first-order valence-corrected chi connectivity index (χ1v) is 39.5. The summed E-state index contributed by atoms with van der Waals surface area (Å²) in [4.78, 5) is 125. The van der Waals surface area contributed by atoms with Crippen molar-refractivity contribution in [1.82, 2.24) is 43.5 Å². The van der Waals surface area contributed by atoms with Crippen LogP contribution in [-0.2, 0) is 33.3 Å². The molecule has 0 radical (unpaired) electrons. The summed E-state index contributed by atoms with van der Waals surface area (Å²) in [6.45, 7) is 26.6. The molecule has 6 saturated heterocycles. The highest BCUT2D eigenvalue weighted by molar-refractivity contribution is 14.1. The van der Waals surface area contributed by atoms with Crippen LogP contribution in [0.15, 0.2) is 97.0 Å². The second-order valence-electron chi connectivity index (χ2n) is 30.4. The number of anilines is 1. The van der Waals surface area contributed by atoms with Crippen molar-refractivity contribution in [3.63, 3.8) is 0 Å². The van der Waals surface area contributed by atoms with Gasteiger partial charge in [-0.15, -0.1) is 0 Å². The minimum absolute atomic E-state index is 0.00515. The Morgan fingerprint density at radius 2 is 0.903 bits per heavy atom. The molecule has 6 fully saturated rings. The van der Waals surface area contributed by atoms with E-state index in [0.29, 0.717) is 81.5 Å². The number of likely N-dealkylation sites (tertiary alicyclic amines) is 5. The first kappa shape index (κ1) is 99.6. The Kier molecular flexibility index (Phi) is 46.0. The van der Waals surface area contributed by atoms with Crippen LogP contribution in [0.5, 0.6) is 0 Å².